The second-order valence-electron chi connectivity index (χ2n) is 4.60. The second kappa shape index (κ2) is 5.25. The van der Waals surface area contributed by atoms with Crippen LogP contribution < -0.4 is 9.47 Å². The van der Waals surface area contributed by atoms with Crippen LogP contribution in [0, 0.1) is 0 Å². The third kappa shape index (κ3) is 2.10. The van der Waals surface area contributed by atoms with Gasteiger partial charge in [-0.05, 0) is 34.7 Å². The molecule has 0 unspecified atom stereocenters. The number of benzene rings is 3. The molecular formula is C18H16O2. The van der Waals surface area contributed by atoms with Crippen molar-refractivity contribution in [1.29, 1.82) is 0 Å². The molecule has 2 heteroatoms. The molecule has 100 valence electrons. The Kier molecular flexibility index (Phi) is 3.30. The highest BCUT2D eigenvalue weighted by Crippen LogP contribution is 2.36. The summed E-state index contributed by atoms with van der Waals surface area (Å²) in [7, 11) is 3.32. The molecule has 0 aliphatic carbocycles. The third-order valence-electron chi connectivity index (χ3n) is 3.47. The zero-order valence-corrected chi connectivity index (χ0v) is 11.6. The van der Waals surface area contributed by atoms with Gasteiger partial charge in [-0.3, -0.25) is 0 Å². The van der Waals surface area contributed by atoms with Gasteiger partial charge in [-0.25, -0.2) is 0 Å². The van der Waals surface area contributed by atoms with Crippen LogP contribution in [0.25, 0.3) is 21.9 Å². The summed E-state index contributed by atoms with van der Waals surface area (Å²) in [5.41, 5.74) is 2.41. The highest BCUT2D eigenvalue weighted by Gasteiger charge is 2.09. The van der Waals surface area contributed by atoms with E-state index in [-0.39, 0.29) is 0 Å². The fourth-order valence-corrected chi connectivity index (χ4v) is 2.46. The van der Waals surface area contributed by atoms with Crippen LogP contribution in [0.3, 0.4) is 0 Å². The molecule has 2 nitrogen and oxygen atoms in total. The number of hydrogen-bond donors (Lipinski definition) is 0. The van der Waals surface area contributed by atoms with E-state index >= 15 is 0 Å². The second-order valence-corrected chi connectivity index (χ2v) is 4.60. The molecule has 0 heterocycles. The molecule has 0 saturated heterocycles. The molecule has 0 fully saturated rings. The summed E-state index contributed by atoms with van der Waals surface area (Å²) < 4.78 is 10.8. The van der Waals surface area contributed by atoms with Gasteiger partial charge in [0.1, 0.15) is 0 Å². The van der Waals surface area contributed by atoms with E-state index in [0.717, 1.165) is 22.3 Å². The van der Waals surface area contributed by atoms with E-state index in [2.05, 4.69) is 36.4 Å². The van der Waals surface area contributed by atoms with E-state index in [4.69, 9.17) is 9.47 Å². The first-order chi connectivity index (χ1) is 9.83. The molecule has 0 aliphatic rings. The lowest BCUT2D eigenvalue weighted by Crippen LogP contribution is -1.91. The average molecular weight is 264 g/mol. The van der Waals surface area contributed by atoms with Gasteiger partial charge in [0.2, 0.25) is 0 Å². The van der Waals surface area contributed by atoms with Crippen molar-refractivity contribution in [3.05, 3.63) is 60.7 Å². The number of hydrogen-bond acceptors (Lipinski definition) is 2. The van der Waals surface area contributed by atoms with Crippen LogP contribution in [0.4, 0.5) is 0 Å². The standard InChI is InChI=1S/C18H16O2/c1-19-17-11-9-15-12-14(13-6-4-3-5-7-13)8-10-16(15)18(17)20-2/h3-12H,1-2H3. The number of methoxy groups -OCH3 is 2. The van der Waals surface area contributed by atoms with Crippen molar-refractivity contribution < 1.29 is 9.47 Å². The Hall–Kier alpha value is -2.48. The lowest BCUT2D eigenvalue weighted by atomic mass is 10.0. The minimum atomic E-state index is 0.757. The van der Waals surface area contributed by atoms with Crippen LogP contribution in [0.1, 0.15) is 0 Å². The molecule has 0 amide bonds. The maximum Gasteiger partial charge on any atom is 0.168 e. The lowest BCUT2D eigenvalue weighted by Gasteiger charge is -2.11. The van der Waals surface area contributed by atoms with Crippen molar-refractivity contribution in [3.8, 4) is 22.6 Å². The van der Waals surface area contributed by atoms with Gasteiger partial charge in [-0.15, -0.1) is 0 Å². The highest BCUT2D eigenvalue weighted by molar-refractivity contribution is 5.93. The topological polar surface area (TPSA) is 18.5 Å². The van der Waals surface area contributed by atoms with Gasteiger partial charge < -0.3 is 9.47 Å². The molecule has 0 bridgehead atoms. The molecule has 0 atom stereocenters. The predicted octanol–water partition coefficient (Wildman–Crippen LogP) is 4.52. The summed E-state index contributed by atoms with van der Waals surface area (Å²) in [5.74, 6) is 1.54. The van der Waals surface area contributed by atoms with Gasteiger partial charge in [0.05, 0.1) is 14.2 Å². The molecule has 20 heavy (non-hydrogen) atoms. The van der Waals surface area contributed by atoms with E-state index in [0.29, 0.717) is 0 Å². The Balaban J connectivity index is 2.18. The van der Waals surface area contributed by atoms with Gasteiger partial charge in [-0.2, -0.15) is 0 Å². The Labute approximate surface area is 118 Å². The smallest absolute Gasteiger partial charge is 0.168 e. The molecule has 0 N–H and O–H groups in total. The Morgan fingerprint density at radius 2 is 1.50 bits per heavy atom. The average Bonchev–Trinajstić information content (AvgIpc) is 2.54. The summed E-state index contributed by atoms with van der Waals surface area (Å²) in [6, 6.07) is 20.7. The zero-order valence-electron chi connectivity index (χ0n) is 11.6. The van der Waals surface area contributed by atoms with Gasteiger partial charge >= 0.3 is 0 Å². The van der Waals surface area contributed by atoms with Crippen LogP contribution in [-0.4, -0.2) is 14.2 Å². The first-order valence-corrected chi connectivity index (χ1v) is 6.53. The molecule has 0 spiro atoms. The van der Waals surface area contributed by atoms with Gasteiger partial charge in [0.15, 0.2) is 11.5 Å². The summed E-state index contributed by atoms with van der Waals surface area (Å²) in [5, 5.41) is 2.20. The first kappa shape index (κ1) is 12.5. The molecule has 0 aromatic heterocycles. The first-order valence-electron chi connectivity index (χ1n) is 6.53. The highest BCUT2D eigenvalue weighted by atomic mass is 16.5. The molecular weight excluding hydrogens is 248 g/mol. The van der Waals surface area contributed by atoms with Crippen molar-refractivity contribution in [1.82, 2.24) is 0 Å². The number of fused-ring (bicyclic) bond motifs is 1. The van der Waals surface area contributed by atoms with E-state index < -0.39 is 0 Å². The monoisotopic (exact) mass is 264 g/mol. The minimum Gasteiger partial charge on any atom is -0.493 e. The van der Waals surface area contributed by atoms with E-state index in [9.17, 15) is 0 Å². The summed E-state index contributed by atoms with van der Waals surface area (Å²) >= 11 is 0. The fraction of sp³-hybridized carbons (Fsp3) is 0.111. The third-order valence-corrected chi connectivity index (χ3v) is 3.47. The van der Waals surface area contributed by atoms with Gasteiger partial charge in [-0.1, -0.05) is 42.5 Å². The van der Waals surface area contributed by atoms with Crippen LogP contribution in [0.2, 0.25) is 0 Å². The molecule has 0 saturated carbocycles. The van der Waals surface area contributed by atoms with Gasteiger partial charge in [0.25, 0.3) is 0 Å². The summed E-state index contributed by atoms with van der Waals surface area (Å²) in [4.78, 5) is 0. The van der Waals surface area contributed by atoms with Crippen molar-refractivity contribution in [2.75, 3.05) is 14.2 Å². The maximum absolute atomic E-state index is 5.47. The van der Waals surface area contributed by atoms with Crippen molar-refractivity contribution in [3.63, 3.8) is 0 Å². The quantitative estimate of drug-likeness (QED) is 0.692. The molecule has 0 radical (unpaired) electrons. The van der Waals surface area contributed by atoms with E-state index in [1.165, 1.54) is 11.1 Å². The normalized spacial score (nSPS) is 10.5. The van der Waals surface area contributed by atoms with Crippen LogP contribution >= 0.6 is 0 Å². The van der Waals surface area contributed by atoms with Gasteiger partial charge in [0, 0.05) is 5.39 Å². The molecule has 3 aromatic rings. The van der Waals surface area contributed by atoms with Crippen molar-refractivity contribution in [2.45, 2.75) is 0 Å². The van der Waals surface area contributed by atoms with Crippen LogP contribution in [0.5, 0.6) is 11.5 Å². The lowest BCUT2D eigenvalue weighted by molar-refractivity contribution is 0.358. The van der Waals surface area contributed by atoms with Crippen LogP contribution in [-0.2, 0) is 0 Å². The van der Waals surface area contributed by atoms with Crippen molar-refractivity contribution in [2.24, 2.45) is 0 Å². The fourth-order valence-electron chi connectivity index (χ4n) is 2.46. The molecule has 3 rings (SSSR count). The molecule has 0 aliphatic heterocycles. The predicted molar refractivity (Wildman–Crippen MR) is 82.5 cm³/mol. The Morgan fingerprint density at radius 3 is 2.20 bits per heavy atom. The number of rotatable bonds is 3. The maximum atomic E-state index is 5.47. The zero-order chi connectivity index (χ0) is 13.9. The van der Waals surface area contributed by atoms with E-state index in [1.54, 1.807) is 14.2 Å². The Bertz CT molecular complexity index is 733. The molecule has 3 aromatic carbocycles. The summed E-state index contributed by atoms with van der Waals surface area (Å²) in [6.07, 6.45) is 0. The SMILES string of the molecule is COc1ccc2cc(-c3ccccc3)ccc2c1OC. The number of ether oxygens (including phenoxy) is 2. The summed E-state index contributed by atoms with van der Waals surface area (Å²) in [6.45, 7) is 0. The largest absolute Gasteiger partial charge is 0.493 e. The van der Waals surface area contributed by atoms with Crippen LogP contribution in [0.15, 0.2) is 60.7 Å². The Morgan fingerprint density at radius 1 is 0.700 bits per heavy atom. The minimum absolute atomic E-state index is 0.757. The van der Waals surface area contributed by atoms with Crippen molar-refractivity contribution >= 4 is 10.8 Å². The van der Waals surface area contributed by atoms with E-state index in [1.807, 2.05) is 24.3 Å².